The highest BCUT2D eigenvalue weighted by Crippen LogP contribution is 2.27. The number of hydrogen-bond acceptors (Lipinski definition) is 2. The Bertz CT molecular complexity index is 351. The fraction of sp³-hybridized carbons (Fsp3) is 0.417. The molecule has 1 aromatic carbocycles. The summed E-state index contributed by atoms with van der Waals surface area (Å²) in [6.07, 6.45) is 0.0213. The van der Waals surface area contributed by atoms with Crippen LogP contribution in [0.15, 0.2) is 28.7 Å². The van der Waals surface area contributed by atoms with Crippen molar-refractivity contribution in [1.82, 2.24) is 0 Å². The number of halogens is 2. The molecule has 1 N–H and O–H groups in total. The number of Topliss-reactive ketones (excluding diaryl/α,β-unsaturated/α-hetero) is 1. The summed E-state index contributed by atoms with van der Waals surface area (Å²) >= 11 is 5.56. The lowest BCUT2D eigenvalue weighted by Gasteiger charge is -2.20. The largest absolute Gasteiger partial charge is 0.388 e. The standard InChI is InChI=1S/C12H14BrIO2/c1-8(15)11(6-7-14)12(16)9-2-4-10(13)5-3-9/h2-5,11-12,16H,6-7H2,1H3/t11-,12+/m0/s1. The number of aliphatic hydroxyl groups excluding tert-OH is 1. The predicted molar refractivity (Wildman–Crippen MR) is 76.8 cm³/mol. The molecule has 2 nitrogen and oxygen atoms in total. The highest BCUT2D eigenvalue weighted by Gasteiger charge is 2.24. The number of carbonyl (C=O) groups is 1. The molecule has 0 aliphatic rings. The van der Waals surface area contributed by atoms with Crippen molar-refractivity contribution < 1.29 is 9.90 Å². The summed E-state index contributed by atoms with van der Waals surface area (Å²) in [7, 11) is 0. The van der Waals surface area contributed by atoms with Crippen LogP contribution in [0.3, 0.4) is 0 Å². The maximum absolute atomic E-state index is 11.4. The first-order chi connectivity index (χ1) is 7.56. The van der Waals surface area contributed by atoms with E-state index in [0.717, 1.165) is 14.5 Å². The first-order valence-electron chi connectivity index (χ1n) is 5.06. The van der Waals surface area contributed by atoms with Gasteiger partial charge in [-0.05, 0) is 31.0 Å². The summed E-state index contributed by atoms with van der Waals surface area (Å²) in [6.45, 7) is 1.54. The zero-order chi connectivity index (χ0) is 12.1. The van der Waals surface area contributed by atoms with Gasteiger partial charge in [0.15, 0.2) is 0 Å². The highest BCUT2D eigenvalue weighted by molar-refractivity contribution is 14.1. The van der Waals surface area contributed by atoms with Gasteiger partial charge in [-0.3, -0.25) is 4.79 Å². The summed E-state index contributed by atoms with van der Waals surface area (Å²) in [5.74, 6) is -0.245. The van der Waals surface area contributed by atoms with E-state index in [-0.39, 0.29) is 11.7 Å². The molecule has 0 spiro atoms. The van der Waals surface area contributed by atoms with Crippen LogP contribution in [0.25, 0.3) is 0 Å². The summed E-state index contributed by atoms with van der Waals surface area (Å²) in [5.41, 5.74) is 0.799. The molecule has 16 heavy (non-hydrogen) atoms. The quantitative estimate of drug-likeness (QED) is 0.610. The van der Waals surface area contributed by atoms with Crippen molar-refractivity contribution in [3.05, 3.63) is 34.3 Å². The fourth-order valence-electron chi connectivity index (χ4n) is 1.59. The number of ketones is 1. The van der Waals surface area contributed by atoms with Crippen molar-refractivity contribution in [2.45, 2.75) is 19.4 Å². The van der Waals surface area contributed by atoms with Gasteiger partial charge in [0.2, 0.25) is 0 Å². The number of alkyl halides is 1. The van der Waals surface area contributed by atoms with Crippen LogP contribution in [0.1, 0.15) is 25.0 Å². The predicted octanol–water partition coefficient (Wildman–Crippen LogP) is 3.51. The van der Waals surface area contributed by atoms with Gasteiger partial charge in [0.25, 0.3) is 0 Å². The van der Waals surface area contributed by atoms with Gasteiger partial charge in [0.05, 0.1) is 6.10 Å². The summed E-state index contributed by atoms with van der Waals surface area (Å²) in [6, 6.07) is 7.44. The summed E-state index contributed by atoms with van der Waals surface area (Å²) in [4.78, 5) is 11.4. The molecule has 0 aliphatic carbocycles. The van der Waals surface area contributed by atoms with Crippen LogP contribution >= 0.6 is 38.5 Å². The normalized spacial score (nSPS) is 14.5. The molecule has 0 aromatic heterocycles. The van der Waals surface area contributed by atoms with E-state index in [9.17, 15) is 9.90 Å². The third kappa shape index (κ3) is 3.82. The first-order valence-corrected chi connectivity index (χ1v) is 7.38. The molecule has 0 saturated carbocycles. The molecular weight excluding hydrogens is 383 g/mol. The molecule has 1 aromatic rings. The Hall–Kier alpha value is 0.0600. The van der Waals surface area contributed by atoms with E-state index >= 15 is 0 Å². The Morgan fingerprint density at radius 2 is 2.00 bits per heavy atom. The molecule has 0 aliphatic heterocycles. The second kappa shape index (κ2) is 6.71. The van der Waals surface area contributed by atoms with Crippen molar-refractivity contribution in [3.63, 3.8) is 0 Å². The summed E-state index contributed by atoms with van der Waals surface area (Å²) < 4.78 is 1.84. The van der Waals surface area contributed by atoms with Gasteiger partial charge in [0, 0.05) is 14.8 Å². The van der Waals surface area contributed by atoms with E-state index in [2.05, 4.69) is 38.5 Å². The Balaban J connectivity index is 2.85. The van der Waals surface area contributed by atoms with Gasteiger partial charge in [-0.1, -0.05) is 50.7 Å². The van der Waals surface area contributed by atoms with Gasteiger partial charge in [-0.2, -0.15) is 0 Å². The van der Waals surface area contributed by atoms with E-state index in [1.165, 1.54) is 0 Å². The third-order valence-corrected chi connectivity index (χ3v) is 3.69. The minimum atomic E-state index is -0.694. The van der Waals surface area contributed by atoms with E-state index in [0.29, 0.717) is 6.42 Å². The van der Waals surface area contributed by atoms with Crippen molar-refractivity contribution in [3.8, 4) is 0 Å². The second-order valence-electron chi connectivity index (χ2n) is 3.69. The molecule has 2 atom stereocenters. The van der Waals surface area contributed by atoms with Crippen LogP contribution in [0.4, 0.5) is 0 Å². The third-order valence-electron chi connectivity index (χ3n) is 2.53. The minimum absolute atomic E-state index is 0.0482. The number of carbonyl (C=O) groups excluding carboxylic acids is 1. The Morgan fingerprint density at radius 3 is 2.44 bits per heavy atom. The van der Waals surface area contributed by atoms with Gasteiger partial charge < -0.3 is 5.11 Å². The van der Waals surface area contributed by atoms with E-state index in [1.807, 2.05) is 24.3 Å². The van der Waals surface area contributed by atoms with Crippen molar-refractivity contribution in [2.24, 2.45) is 5.92 Å². The molecule has 0 saturated heterocycles. The van der Waals surface area contributed by atoms with E-state index < -0.39 is 6.10 Å². The molecule has 0 bridgehead atoms. The lowest BCUT2D eigenvalue weighted by atomic mass is 9.90. The second-order valence-corrected chi connectivity index (χ2v) is 5.69. The van der Waals surface area contributed by atoms with Crippen LogP contribution in [-0.4, -0.2) is 15.3 Å². The summed E-state index contributed by atoms with van der Waals surface area (Å²) in [5, 5.41) is 10.1. The Kier molecular flexibility index (Phi) is 5.92. The monoisotopic (exact) mass is 396 g/mol. The number of benzene rings is 1. The molecule has 0 radical (unpaired) electrons. The van der Waals surface area contributed by atoms with E-state index in [1.54, 1.807) is 6.92 Å². The topological polar surface area (TPSA) is 37.3 Å². The Morgan fingerprint density at radius 1 is 1.44 bits per heavy atom. The smallest absolute Gasteiger partial charge is 0.135 e. The average Bonchev–Trinajstić information content (AvgIpc) is 2.25. The molecular formula is C12H14BrIO2. The van der Waals surface area contributed by atoms with Crippen molar-refractivity contribution >= 4 is 44.3 Å². The van der Waals surface area contributed by atoms with E-state index in [4.69, 9.17) is 0 Å². The molecule has 0 amide bonds. The maximum Gasteiger partial charge on any atom is 0.135 e. The first kappa shape index (κ1) is 14.1. The number of rotatable bonds is 5. The SMILES string of the molecule is CC(=O)[C@H](CCI)[C@H](O)c1ccc(Br)cc1. The van der Waals surface area contributed by atoms with Gasteiger partial charge in [0.1, 0.15) is 5.78 Å². The zero-order valence-corrected chi connectivity index (χ0v) is 12.7. The van der Waals surface area contributed by atoms with Crippen molar-refractivity contribution in [2.75, 3.05) is 4.43 Å². The highest BCUT2D eigenvalue weighted by atomic mass is 127. The van der Waals surface area contributed by atoms with Crippen LogP contribution in [0.5, 0.6) is 0 Å². The van der Waals surface area contributed by atoms with Crippen molar-refractivity contribution in [1.29, 1.82) is 0 Å². The lowest BCUT2D eigenvalue weighted by Crippen LogP contribution is -2.20. The Labute approximate surface area is 118 Å². The molecule has 0 fully saturated rings. The fourth-order valence-corrected chi connectivity index (χ4v) is 2.53. The maximum atomic E-state index is 11.4. The van der Waals surface area contributed by atoms with Crippen LogP contribution in [0.2, 0.25) is 0 Å². The molecule has 88 valence electrons. The zero-order valence-electron chi connectivity index (χ0n) is 8.99. The molecule has 4 heteroatoms. The molecule has 0 unspecified atom stereocenters. The average molecular weight is 397 g/mol. The van der Waals surface area contributed by atoms with Gasteiger partial charge >= 0.3 is 0 Å². The van der Waals surface area contributed by atoms with Gasteiger partial charge in [-0.25, -0.2) is 0 Å². The van der Waals surface area contributed by atoms with Gasteiger partial charge in [-0.15, -0.1) is 0 Å². The molecule has 1 rings (SSSR count). The van der Waals surface area contributed by atoms with Crippen LogP contribution < -0.4 is 0 Å². The minimum Gasteiger partial charge on any atom is -0.388 e. The number of hydrogen-bond donors (Lipinski definition) is 1. The van der Waals surface area contributed by atoms with Crippen LogP contribution in [-0.2, 0) is 4.79 Å². The molecule has 0 heterocycles. The van der Waals surface area contributed by atoms with Crippen LogP contribution in [0, 0.1) is 5.92 Å². The number of aliphatic hydroxyl groups is 1. The lowest BCUT2D eigenvalue weighted by molar-refractivity contribution is -0.124.